The largest absolute Gasteiger partial charge is 0.382 e. The standard InChI is InChI=1S/C19H29F2N5O2/c1-11(9-27-2)28-12-3-4-16-13(5-12)19(25-24-16)17-6-18(23-10-22-17)26-7-14(20)15(21)8-26/h6,10-16,19,24-25H,3-5,7-9H2,1-2H3/t11-,12?,13?,14-,15-,16?,19?/m0/s1. The smallest absolute Gasteiger partial charge is 0.150 e. The molecule has 3 fully saturated rings. The quantitative estimate of drug-likeness (QED) is 0.757. The maximum Gasteiger partial charge on any atom is 0.150 e. The van der Waals surface area contributed by atoms with Crippen molar-refractivity contribution in [3.63, 3.8) is 0 Å². The summed E-state index contributed by atoms with van der Waals surface area (Å²) in [7, 11) is 1.68. The highest BCUT2D eigenvalue weighted by molar-refractivity contribution is 5.42. The van der Waals surface area contributed by atoms with E-state index < -0.39 is 12.3 Å². The van der Waals surface area contributed by atoms with Gasteiger partial charge in [-0.3, -0.25) is 5.43 Å². The van der Waals surface area contributed by atoms with Gasteiger partial charge in [0.1, 0.15) is 12.1 Å². The van der Waals surface area contributed by atoms with Crippen molar-refractivity contribution in [1.82, 2.24) is 20.8 Å². The predicted molar refractivity (Wildman–Crippen MR) is 100 cm³/mol. The first kappa shape index (κ1) is 19.9. The molecule has 2 N–H and O–H groups in total. The summed E-state index contributed by atoms with van der Waals surface area (Å²) in [6, 6.07) is 2.23. The molecule has 0 spiro atoms. The summed E-state index contributed by atoms with van der Waals surface area (Å²) in [5.74, 6) is 0.910. The van der Waals surface area contributed by atoms with Gasteiger partial charge in [-0.15, -0.1) is 0 Å². The Morgan fingerprint density at radius 1 is 1.21 bits per heavy atom. The minimum absolute atomic E-state index is 0.0147. The van der Waals surface area contributed by atoms with Crippen LogP contribution < -0.4 is 15.8 Å². The molecule has 0 aromatic carbocycles. The van der Waals surface area contributed by atoms with E-state index in [0.29, 0.717) is 24.4 Å². The zero-order chi connectivity index (χ0) is 19.7. The van der Waals surface area contributed by atoms with Gasteiger partial charge in [0.2, 0.25) is 0 Å². The van der Waals surface area contributed by atoms with Crippen LogP contribution in [0.4, 0.5) is 14.6 Å². The third-order valence-electron chi connectivity index (χ3n) is 6.03. The van der Waals surface area contributed by atoms with Crippen LogP contribution in [0.5, 0.6) is 0 Å². The van der Waals surface area contributed by atoms with Crippen molar-refractivity contribution in [2.75, 3.05) is 31.7 Å². The first-order valence-electron chi connectivity index (χ1n) is 10.1. The molecular formula is C19H29F2N5O2. The number of aromatic nitrogens is 2. The first-order chi connectivity index (χ1) is 13.5. The van der Waals surface area contributed by atoms with Gasteiger partial charge >= 0.3 is 0 Å². The fraction of sp³-hybridized carbons (Fsp3) is 0.789. The molecule has 3 aliphatic rings. The lowest BCUT2D eigenvalue weighted by atomic mass is 9.79. The number of rotatable bonds is 6. The van der Waals surface area contributed by atoms with Gasteiger partial charge in [0.15, 0.2) is 12.3 Å². The third kappa shape index (κ3) is 4.12. The maximum atomic E-state index is 13.6. The van der Waals surface area contributed by atoms with E-state index in [9.17, 15) is 8.78 Å². The number of ether oxygens (including phenoxy) is 2. The normalized spacial score (nSPS) is 36.5. The topological polar surface area (TPSA) is 71.5 Å². The van der Waals surface area contributed by atoms with Crippen molar-refractivity contribution in [3.8, 4) is 0 Å². The molecule has 3 heterocycles. The fourth-order valence-corrected chi connectivity index (χ4v) is 4.65. The lowest BCUT2D eigenvalue weighted by Crippen LogP contribution is -2.38. The molecular weight excluding hydrogens is 368 g/mol. The molecule has 9 heteroatoms. The number of fused-ring (bicyclic) bond motifs is 1. The number of alkyl halides is 2. The van der Waals surface area contributed by atoms with Crippen molar-refractivity contribution >= 4 is 5.82 Å². The fourth-order valence-electron chi connectivity index (χ4n) is 4.65. The summed E-state index contributed by atoms with van der Waals surface area (Å²) in [6.45, 7) is 2.68. The summed E-state index contributed by atoms with van der Waals surface area (Å²) in [6.07, 6.45) is 1.77. The Bertz CT molecular complexity index is 659. The van der Waals surface area contributed by atoms with Crippen LogP contribution in [-0.4, -0.2) is 67.4 Å². The number of anilines is 1. The highest BCUT2D eigenvalue weighted by Gasteiger charge is 2.42. The van der Waals surface area contributed by atoms with Crippen LogP contribution in [-0.2, 0) is 9.47 Å². The van der Waals surface area contributed by atoms with Gasteiger partial charge < -0.3 is 14.4 Å². The monoisotopic (exact) mass is 397 g/mol. The van der Waals surface area contributed by atoms with Crippen LogP contribution >= 0.6 is 0 Å². The Hall–Kier alpha value is -1.42. The highest BCUT2D eigenvalue weighted by atomic mass is 19.2. The Balaban J connectivity index is 1.45. The van der Waals surface area contributed by atoms with E-state index in [1.807, 2.05) is 13.0 Å². The number of hydrazine groups is 1. The second kappa shape index (κ2) is 8.52. The molecule has 2 aliphatic heterocycles. The van der Waals surface area contributed by atoms with Gasteiger partial charge in [0.05, 0.1) is 43.6 Å². The van der Waals surface area contributed by atoms with Gasteiger partial charge in [-0.1, -0.05) is 0 Å². The minimum atomic E-state index is -1.46. The lowest BCUT2D eigenvalue weighted by Gasteiger charge is -2.34. The summed E-state index contributed by atoms with van der Waals surface area (Å²) >= 11 is 0. The number of hydrogen-bond acceptors (Lipinski definition) is 7. The second-order valence-corrected chi connectivity index (χ2v) is 8.11. The Morgan fingerprint density at radius 2 is 2.00 bits per heavy atom. The molecule has 156 valence electrons. The van der Waals surface area contributed by atoms with Crippen LogP contribution in [0.25, 0.3) is 0 Å². The summed E-state index contributed by atoms with van der Waals surface area (Å²) in [4.78, 5) is 10.3. The van der Waals surface area contributed by atoms with Crippen molar-refractivity contribution in [2.45, 2.75) is 62.8 Å². The average Bonchev–Trinajstić information content (AvgIpc) is 3.25. The predicted octanol–water partition coefficient (Wildman–Crippen LogP) is 1.71. The number of halogens is 2. The Kier molecular flexibility index (Phi) is 6.05. The minimum Gasteiger partial charge on any atom is -0.382 e. The van der Waals surface area contributed by atoms with Gasteiger partial charge in [0.25, 0.3) is 0 Å². The van der Waals surface area contributed by atoms with E-state index >= 15 is 0 Å². The van der Waals surface area contributed by atoms with Crippen LogP contribution in [0.15, 0.2) is 12.4 Å². The van der Waals surface area contributed by atoms with E-state index in [-0.39, 0.29) is 31.3 Å². The molecule has 7 atom stereocenters. The summed E-state index contributed by atoms with van der Waals surface area (Å²) < 4.78 is 38.5. The molecule has 1 aromatic rings. The molecule has 1 aliphatic carbocycles. The maximum absolute atomic E-state index is 13.6. The molecule has 1 saturated carbocycles. The second-order valence-electron chi connectivity index (χ2n) is 8.11. The van der Waals surface area contributed by atoms with Gasteiger partial charge in [-0.2, -0.15) is 0 Å². The summed E-state index contributed by atoms with van der Waals surface area (Å²) in [5, 5.41) is 0. The van der Waals surface area contributed by atoms with Crippen molar-refractivity contribution in [1.29, 1.82) is 0 Å². The number of methoxy groups -OCH3 is 1. The Labute approximate surface area is 164 Å². The average molecular weight is 397 g/mol. The number of nitrogens with zero attached hydrogens (tertiary/aromatic N) is 3. The lowest BCUT2D eigenvalue weighted by molar-refractivity contribution is -0.0623. The van der Waals surface area contributed by atoms with Gasteiger partial charge in [-0.05, 0) is 26.2 Å². The third-order valence-corrected chi connectivity index (χ3v) is 6.03. The van der Waals surface area contributed by atoms with E-state index in [2.05, 4.69) is 20.8 Å². The van der Waals surface area contributed by atoms with E-state index in [1.165, 1.54) is 6.33 Å². The molecule has 28 heavy (non-hydrogen) atoms. The molecule has 0 radical (unpaired) electrons. The molecule has 4 rings (SSSR count). The molecule has 1 aromatic heterocycles. The van der Waals surface area contributed by atoms with Crippen LogP contribution in [0.3, 0.4) is 0 Å². The van der Waals surface area contributed by atoms with Gasteiger partial charge in [-0.25, -0.2) is 24.2 Å². The van der Waals surface area contributed by atoms with Crippen LogP contribution in [0.2, 0.25) is 0 Å². The Morgan fingerprint density at radius 3 is 2.75 bits per heavy atom. The number of nitrogens with one attached hydrogen (secondary N) is 2. The van der Waals surface area contributed by atoms with E-state index in [0.717, 1.165) is 25.0 Å². The molecule has 0 bridgehead atoms. The molecule has 4 unspecified atom stereocenters. The molecule has 7 nitrogen and oxygen atoms in total. The van der Waals surface area contributed by atoms with Crippen molar-refractivity contribution in [2.24, 2.45) is 5.92 Å². The first-order valence-corrected chi connectivity index (χ1v) is 10.1. The molecule has 0 amide bonds. The van der Waals surface area contributed by atoms with Gasteiger partial charge in [0, 0.05) is 25.1 Å². The zero-order valence-electron chi connectivity index (χ0n) is 16.4. The highest BCUT2D eigenvalue weighted by Crippen LogP contribution is 2.39. The van der Waals surface area contributed by atoms with Crippen LogP contribution in [0.1, 0.15) is 37.9 Å². The number of hydrogen-bond donors (Lipinski definition) is 2. The van der Waals surface area contributed by atoms with Crippen molar-refractivity contribution < 1.29 is 18.3 Å². The summed E-state index contributed by atoms with van der Waals surface area (Å²) in [5.41, 5.74) is 7.59. The van der Waals surface area contributed by atoms with E-state index in [1.54, 1.807) is 12.0 Å². The van der Waals surface area contributed by atoms with Crippen LogP contribution in [0, 0.1) is 5.92 Å². The van der Waals surface area contributed by atoms with Crippen molar-refractivity contribution in [3.05, 3.63) is 18.1 Å². The zero-order valence-corrected chi connectivity index (χ0v) is 16.4. The SMILES string of the molecule is COC[C@H](C)OC1CCC2NNC(c3cc(N4C[C@H](F)[C@@H](F)C4)ncn3)C2C1. The van der Waals surface area contributed by atoms with E-state index in [4.69, 9.17) is 9.47 Å². The molecule has 2 saturated heterocycles.